The lowest BCUT2D eigenvalue weighted by atomic mass is 10.1. The van der Waals surface area contributed by atoms with E-state index in [-0.39, 0.29) is 6.04 Å². The first-order valence-electron chi connectivity index (χ1n) is 6.31. The summed E-state index contributed by atoms with van der Waals surface area (Å²) in [4.78, 5) is 10.5. The highest BCUT2D eigenvalue weighted by Crippen LogP contribution is 2.29. The van der Waals surface area contributed by atoms with Crippen molar-refractivity contribution in [3.05, 3.63) is 46.7 Å². The second-order valence-electron chi connectivity index (χ2n) is 4.66. The van der Waals surface area contributed by atoms with Crippen LogP contribution in [0.25, 0.3) is 0 Å². The Kier molecular flexibility index (Phi) is 4.42. The molecule has 2 rings (SSSR count). The van der Waals surface area contributed by atoms with E-state index in [1.54, 1.807) is 0 Å². The van der Waals surface area contributed by atoms with Gasteiger partial charge in [-0.05, 0) is 31.5 Å². The molecule has 0 aliphatic heterocycles. The Morgan fingerprint density at radius 3 is 2.75 bits per heavy atom. The minimum atomic E-state index is 0.132. The number of anilines is 2. The summed E-state index contributed by atoms with van der Waals surface area (Å²) in [5.74, 6) is 6.91. The quantitative estimate of drug-likeness (QED) is 0.670. The first-order valence-corrected chi connectivity index (χ1v) is 6.69. The predicted octanol–water partition coefficient (Wildman–Crippen LogP) is 2.92. The first-order chi connectivity index (χ1) is 9.54. The maximum atomic E-state index is 6.05. The van der Waals surface area contributed by atoms with Gasteiger partial charge in [0.2, 0.25) is 0 Å². The van der Waals surface area contributed by atoms with Crippen LogP contribution in [0.15, 0.2) is 30.6 Å². The second kappa shape index (κ2) is 6.07. The Morgan fingerprint density at radius 2 is 2.10 bits per heavy atom. The van der Waals surface area contributed by atoms with E-state index in [0.29, 0.717) is 5.82 Å². The van der Waals surface area contributed by atoms with Crippen molar-refractivity contribution in [1.29, 1.82) is 0 Å². The summed E-state index contributed by atoms with van der Waals surface area (Å²) in [6, 6.07) is 7.95. The normalized spacial score (nSPS) is 12.1. The number of hydrazine groups is 1. The molecule has 6 heteroatoms. The maximum Gasteiger partial charge on any atom is 0.148 e. The Hall–Kier alpha value is -1.85. The number of benzene rings is 1. The van der Waals surface area contributed by atoms with Crippen LogP contribution in [0.5, 0.6) is 0 Å². The van der Waals surface area contributed by atoms with E-state index >= 15 is 0 Å². The molecule has 106 valence electrons. The molecule has 0 saturated heterocycles. The van der Waals surface area contributed by atoms with Gasteiger partial charge in [0.15, 0.2) is 0 Å². The van der Waals surface area contributed by atoms with Crippen molar-refractivity contribution < 1.29 is 0 Å². The fraction of sp³-hybridized carbons (Fsp3) is 0.286. The van der Waals surface area contributed by atoms with Crippen molar-refractivity contribution in [2.24, 2.45) is 5.84 Å². The highest BCUT2D eigenvalue weighted by molar-refractivity contribution is 6.30. The number of aromatic nitrogens is 2. The lowest BCUT2D eigenvalue weighted by molar-refractivity contribution is 0.724. The Balaban J connectivity index is 2.33. The van der Waals surface area contributed by atoms with E-state index in [2.05, 4.69) is 27.2 Å². The van der Waals surface area contributed by atoms with Gasteiger partial charge >= 0.3 is 0 Å². The number of rotatable bonds is 4. The van der Waals surface area contributed by atoms with Crippen molar-refractivity contribution >= 4 is 23.2 Å². The van der Waals surface area contributed by atoms with E-state index < -0.39 is 0 Å². The molecule has 1 aromatic carbocycles. The van der Waals surface area contributed by atoms with Gasteiger partial charge in [-0.25, -0.2) is 15.8 Å². The predicted molar refractivity (Wildman–Crippen MR) is 82.8 cm³/mol. The van der Waals surface area contributed by atoms with E-state index in [1.165, 1.54) is 6.33 Å². The number of nitrogen functional groups attached to an aromatic ring is 1. The van der Waals surface area contributed by atoms with Gasteiger partial charge in [0.25, 0.3) is 0 Å². The number of nitrogens with one attached hydrogen (secondary N) is 1. The van der Waals surface area contributed by atoms with Crippen LogP contribution in [0.1, 0.15) is 24.1 Å². The molecule has 2 aromatic rings. The third kappa shape index (κ3) is 2.84. The SMILES string of the molecule is Cc1c(NN)ncnc1N(C)C(C)c1cccc(Cl)c1. The number of hydrogen-bond donors (Lipinski definition) is 2. The molecular weight excluding hydrogens is 274 g/mol. The summed E-state index contributed by atoms with van der Waals surface area (Å²) in [5, 5.41) is 0.728. The minimum Gasteiger partial charge on any atom is -0.353 e. The number of nitrogens with zero attached hydrogens (tertiary/aromatic N) is 3. The third-order valence-electron chi connectivity index (χ3n) is 3.44. The van der Waals surface area contributed by atoms with Gasteiger partial charge in [-0.2, -0.15) is 0 Å². The van der Waals surface area contributed by atoms with Gasteiger partial charge in [-0.3, -0.25) is 0 Å². The Bertz CT molecular complexity index is 602. The highest BCUT2D eigenvalue weighted by atomic mass is 35.5. The molecule has 0 bridgehead atoms. The van der Waals surface area contributed by atoms with Crippen molar-refractivity contribution in [2.75, 3.05) is 17.4 Å². The first kappa shape index (κ1) is 14.6. The Labute approximate surface area is 123 Å². The standard InChI is InChI=1S/C14H18ClN5/c1-9-13(19-16)17-8-18-14(9)20(3)10(2)11-5-4-6-12(15)7-11/h4-8,10H,16H2,1-3H3,(H,17,18,19). The lowest BCUT2D eigenvalue weighted by Crippen LogP contribution is -2.24. The molecule has 1 unspecified atom stereocenters. The molecular formula is C14H18ClN5. The number of halogens is 1. The highest BCUT2D eigenvalue weighted by Gasteiger charge is 2.17. The third-order valence-corrected chi connectivity index (χ3v) is 3.68. The molecule has 0 fully saturated rings. The monoisotopic (exact) mass is 291 g/mol. The Morgan fingerprint density at radius 1 is 1.35 bits per heavy atom. The molecule has 1 atom stereocenters. The van der Waals surface area contributed by atoms with Crippen LogP contribution in [0, 0.1) is 6.92 Å². The average Bonchev–Trinajstić information content (AvgIpc) is 2.46. The molecule has 0 aliphatic rings. The summed E-state index contributed by atoms with van der Waals surface area (Å²) in [6.45, 7) is 4.04. The smallest absolute Gasteiger partial charge is 0.148 e. The lowest BCUT2D eigenvalue weighted by Gasteiger charge is -2.28. The van der Waals surface area contributed by atoms with E-state index in [0.717, 1.165) is 22.0 Å². The van der Waals surface area contributed by atoms with Crippen molar-refractivity contribution in [1.82, 2.24) is 9.97 Å². The summed E-state index contributed by atoms with van der Waals surface area (Å²) < 4.78 is 0. The molecule has 1 heterocycles. The summed E-state index contributed by atoms with van der Waals surface area (Å²) in [7, 11) is 1.99. The van der Waals surface area contributed by atoms with E-state index in [1.807, 2.05) is 38.2 Å². The summed E-state index contributed by atoms with van der Waals surface area (Å²) in [6.07, 6.45) is 1.50. The van der Waals surface area contributed by atoms with E-state index in [4.69, 9.17) is 17.4 Å². The molecule has 0 saturated carbocycles. The molecule has 20 heavy (non-hydrogen) atoms. The van der Waals surface area contributed by atoms with Gasteiger partial charge in [0, 0.05) is 17.6 Å². The fourth-order valence-corrected chi connectivity index (χ4v) is 2.31. The zero-order valence-electron chi connectivity index (χ0n) is 11.8. The van der Waals surface area contributed by atoms with Gasteiger partial charge in [0.1, 0.15) is 18.0 Å². The summed E-state index contributed by atoms with van der Waals surface area (Å²) in [5.41, 5.74) is 4.61. The number of hydrogen-bond acceptors (Lipinski definition) is 5. The van der Waals surface area contributed by atoms with E-state index in [9.17, 15) is 0 Å². The van der Waals surface area contributed by atoms with Crippen LogP contribution in [-0.2, 0) is 0 Å². The van der Waals surface area contributed by atoms with Gasteiger partial charge in [-0.15, -0.1) is 0 Å². The zero-order chi connectivity index (χ0) is 14.7. The molecule has 1 aromatic heterocycles. The fourth-order valence-electron chi connectivity index (χ4n) is 2.12. The summed E-state index contributed by atoms with van der Waals surface area (Å²) >= 11 is 6.05. The largest absolute Gasteiger partial charge is 0.353 e. The average molecular weight is 292 g/mol. The topological polar surface area (TPSA) is 67.1 Å². The van der Waals surface area contributed by atoms with Crippen LogP contribution in [0.2, 0.25) is 5.02 Å². The molecule has 0 spiro atoms. The zero-order valence-corrected chi connectivity index (χ0v) is 12.5. The molecule has 5 nitrogen and oxygen atoms in total. The minimum absolute atomic E-state index is 0.132. The second-order valence-corrected chi connectivity index (χ2v) is 5.09. The van der Waals surface area contributed by atoms with Crippen molar-refractivity contribution in [2.45, 2.75) is 19.9 Å². The van der Waals surface area contributed by atoms with Gasteiger partial charge in [0.05, 0.1) is 6.04 Å². The molecule has 0 aliphatic carbocycles. The van der Waals surface area contributed by atoms with Crippen LogP contribution in [-0.4, -0.2) is 17.0 Å². The van der Waals surface area contributed by atoms with Crippen LogP contribution >= 0.6 is 11.6 Å². The molecule has 3 N–H and O–H groups in total. The van der Waals surface area contributed by atoms with Crippen molar-refractivity contribution in [3.63, 3.8) is 0 Å². The van der Waals surface area contributed by atoms with Crippen LogP contribution in [0.3, 0.4) is 0 Å². The maximum absolute atomic E-state index is 6.05. The van der Waals surface area contributed by atoms with Gasteiger partial charge < -0.3 is 10.3 Å². The molecule has 0 amide bonds. The van der Waals surface area contributed by atoms with Crippen LogP contribution < -0.4 is 16.2 Å². The van der Waals surface area contributed by atoms with Gasteiger partial charge in [-0.1, -0.05) is 23.7 Å². The van der Waals surface area contributed by atoms with Crippen LogP contribution in [0.4, 0.5) is 11.6 Å². The molecule has 0 radical (unpaired) electrons. The van der Waals surface area contributed by atoms with Crippen molar-refractivity contribution in [3.8, 4) is 0 Å². The number of nitrogens with two attached hydrogens (primary N) is 1.